The molecule has 0 radical (unpaired) electrons. The highest BCUT2D eigenvalue weighted by molar-refractivity contribution is 6.32. The molecule has 0 spiro atoms. The maximum atomic E-state index is 12.0. The molecule has 0 aromatic carbocycles. The van der Waals surface area contributed by atoms with Gasteiger partial charge in [0.2, 0.25) is 0 Å². The van der Waals surface area contributed by atoms with Crippen LogP contribution in [0.4, 0.5) is 5.69 Å². The topological polar surface area (TPSA) is 56.1 Å². The average Bonchev–Trinajstić information content (AvgIpc) is 3.23. The molecule has 1 saturated carbocycles. The van der Waals surface area contributed by atoms with Crippen LogP contribution in [0.15, 0.2) is 11.0 Å². The Kier molecular flexibility index (Phi) is 4.82. The highest BCUT2D eigenvalue weighted by Gasteiger charge is 2.27. The largest absolute Gasteiger partial charge is 0.383 e. The predicted octanol–water partition coefficient (Wildman–Crippen LogP) is 2.00. The summed E-state index contributed by atoms with van der Waals surface area (Å²) in [4.78, 5) is 12.0. The minimum atomic E-state index is -0.275. The number of halogens is 1. The molecule has 1 aromatic heterocycles. The summed E-state index contributed by atoms with van der Waals surface area (Å²) in [6.07, 6.45) is 4.24. The quantitative estimate of drug-likeness (QED) is 0.832. The summed E-state index contributed by atoms with van der Waals surface area (Å²) in [7, 11) is 1.59. The van der Waals surface area contributed by atoms with Gasteiger partial charge in [0.1, 0.15) is 5.02 Å². The second-order valence-corrected chi connectivity index (χ2v) is 5.47. The number of anilines is 1. The van der Waals surface area contributed by atoms with E-state index in [-0.39, 0.29) is 10.6 Å². The molecule has 1 fully saturated rings. The first-order valence-corrected chi connectivity index (χ1v) is 6.99. The van der Waals surface area contributed by atoms with Gasteiger partial charge in [0.15, 0.2) is 0 Å². The van der Waals surface area contributed by atoms with Gasteiger partial charge in [-0.05, 0) is 24.7 Å². The molecule has 0 saturated heterocycles. The number of ether oxygens (including phenoxy) is 1. The van der Waals surface area contributed by atoms with Crippen molar-refractivity contribution >= 4 is 17.3 Å². The van der Waals surface area contributed by atoms with Gasteiger partial charge in [0.25, 0.3) is 5.56 Å². The van der Waals surface area contributed by atoms with Crippen LogP contribution < -0.4 is 10.9 Å². The van der Waals surface area contributed by atoms with E-state index in [0.29, 0.717) is 24.8 Å². The fourth-order valence-electron chi connectivity index (χ4n) is 2.03. The van der Waals surface area contributed by atoms with Crippen LogP contribution >= 0.6 is 11.6 Å². The Labute approximate surface area is 117 Å². The molecule has 1 unspecified atom stereocenters. The number of hydrogen-bond donors (Lipinski definition) is 1. The maximum absolute atomic E-state index is 12.0. The Balaban J connectivity index is 2.00. The molecule has 1 atom stereocenters. The van der Waals surface area contributed by atoms with Crippen molar-refractivity contribution < 1.29 is 4.74 Å². The van der Waals surface area contributed by atoms with Gasteiger partial charge < -0.3 is 10.1 Å². The Bertz CT molecular complexity index is 485. The van der Waals surface area contributed by atoms with E-state index >= 15 is 0 Å². The Morgan fingerprint density at radius 1 is 1.63 bits per heavy atom. The zero-order chi connectivity index (χ0) is 13.8. The lowest BCUT2D eigenvalue weighted by Crippen LogP contribution is -2.26. The third kappa shape index (κ3) is 3.70. The SMILES string of the molecule is COCCn1ncc(NCC(C)C2CC2)c(Cl)c1=O. The Morgan fingerprint density at radius 3 is 3.00 bits per heavy atom. The van der Waals surface area contributed by atoms with Crippen LogP contribution in [-0.2, 0) is 11.3 Å². The van der Waals surface area contributed by atoms with Gasteiger partial charge in [-0.3, -0.25) is 4.79 Å². The average molecular weight is 286 g/mol. The standard InChI is InChI=1S/C13H20ClN3O2/c1-9(10-3-4-10)7-15-11-8-16-17(5-6-19-2)13(18)12(11)14/h8-10,15H,3-7H2,1-2H3. The monoisotopic (exact) mass is 285 g/mol. The molecule has 1 aliphatic carbocycles. The lowest BCUT2D eigenvalue weighted by atomic mass is 10.1. The van der Waals surface area contributed by atoms with Gasteiger partial charge in [0.05, 0.1) is 25.0 Å². The van der Waals surface area contributed by atoms with Crippen molar-refractivity contribution in [2.45, 2.75) is 26.3 Å². The van der Waals surface area contributed by atoms with E-state index in [1.54, 1.807) is 13.3 Å². The molecule has 1 aliphatic rings. The van der Waals surface area contributed by atoms with Gasteiger partial charge >= 0.3 is 0 Å². The Hall–Kier alpha value is -1.07. The van der Waals surface area contributed by atoms with E-state index in [2.05, 4.69) is 17.3 Å². The molecule has 106 valence electrons. The molecule has 5 nitrogen and oxygen atoms in total. The van der Waals surface area contributed by atoms with Crippen molar-refractivity contribution in [3.63, 3.8) is 0 Å². The van der Waals surface area contributed by atoms with E-state index in [4.69, 9.17) is 16.3 Å². The van der Waals surface area contributed by atoms with E-state index in [9.17, 15) is 4.79 Å². The number of hydrogen-bond acceptors (Lipinski definition) is 4. The minimum Gasteiger partial charge on any atom is -0.383 e. The first-order valence-electron chi connectivity index (χ1n) is 6.62. The van der Waals surface area contributed by atoms with Crippen LogP contribution in [0.25, 0.3) is 0 Å². The fourth-order valence-corrected chi connectivity index (χ4v) is 2.24. The summed E-state index contributed by atoms with van der Waals surface area (Å²) >= 11 is 6.08. The van der Waals surface area contributed by atoms with E-state index < -0.39 is 0 Å². The minimum absolute atomic E-state index is 0.203. The van der Waals surface area contributed by atoms with Crippen molar-refractivity contribution in [3.05, 3.63) is 21.6 Å². The summed E-state index contributed by atoms with van der Waals surface area (Å²) in [6, 6.07) is 0. The normalized spacial score (nSPS) is 16.4. The highest BCUT2D eigenvalue weighted by Crippen LogP contribution is 2.36. The number of nitrogens with zero attached hydrogens (tertiary/aromatic N) is 2. The van der Waals surface area contributed by atoms with Gasteiger partial charge in [-0.15, -0.1) is 0 Å². The molecule has 6 heteroatoms. The van der Waals surface area contributed by atoms with Gasteiger partial charge in [-0.2, -0.15) is 5.10 Å². The van der Waals surface area contributed by atoms with Crippen LogP contribution in [0.2, 0.25) is 5.02 Å². The van der Waals surface area contributed by atoms with E-state index in [1.165, 1.54) is 17.5 Å². The molecule has 1 heterocycles. The molecular formula is C13H20ClN3O2. The van der Waals surface area contributed by atoms with Crippen LogP contribution in [-0.4, -0.2) is 30.0 Å². The van der Waals surface area contributed by atoms with Crippen molar-refractivity contribution in [1.82, 2.24) is 9.78 Å². The molecule has 1 aromatic rings. The first kappa shape index (κ1) is 14.3. The molecule has 0 amide bonds. The molecular weight excluding hydrogens is 266 g/mol. The summed E-state index contributed by atoms with van der Waals surface area (Å²) < 4.78 is 6.25. The summed E-state index contributed by atoms with van der Waals surface area (Å²) in [6.45, 7) is 3.89. The lowest BCUT2D eigenvalue weighted by Gasteiger charge is -2.14. The predicted molar refractivity (Wildman–Crippen MR) is 75.8 cm³/mol. The van der Waals surface area contributed by atoms with Crippen LogP contribution in [0.1, 0.15) is 19.8 Å². The van der Waals surface area contributed by atoms with Crippen LogP contribution in [0.3, 0.4) is 0 Å². The Morgan fingerprint density at radius 2 is 2.37 bits per heavy atom. The van der Waals surface area contributed by atoms with Crippen LogP contribution in [0, 0.1) is 11.8 Å². The highest BCUT2D eigenvalue weighted by atomic mass is 35.5. The first-order chi connectivity index (χ1) is 9.13. The molecule has 2 rings (SSSR count). The number of aromatic nitrogens is 2. The third-order valence-electron chi connectivity index (χ3n) is 3.53. The van der Waals surface area contributed by atoms with E-state index in [1.807, 2.05) is 0 Å². The van der Waals surface area contributed by atoms with E-state index in [0.717, 1.165) is 12.5 Å². The second-order valence-electron chi connectivity index (χ2n) is 5.09. The van der Waals surface area contributed by atoms with Crippen molar-refractivity contribution in [2.24, 2.45) is 11.8 Å². The number of nitrogens with one attached hydrogen (secondary N) is 1. The molecule has 0 aliphatic heterocycles. The van der Waals surface area contributed by atoms with Gasteiger partial charge in [-0.25, -0.2) is 4.68 Å². The van der Waals surface area contributed by atoms with Gasteiger partial charge in [-0.1, -0.05) is 18.5 Å². The second kappa shape index (κ2) is 6.39. The fraction of sp³-hybridized carbons (Fsp3) is 0.692. The molecule has 19 heavy (non-hydrogen) atoms. The maximum Gasteiger partial charge on any atom is 0.287 e. The summed E-state index contributed by atoms with van der Waals surface area (Å²) in [5.74, 6) is 1.42. The smallest absolute Gasteiger partial charge is 0.287 e. The van der Waals surface area contributed by atoms with Crippen molar-refractivity contribution in [3.8, 4) is 0 Å². The van der Waals surface area contributed by atoms with Crippen molar-refractivity contribution in [1.29, 1.82) is 0 Å². The third-order valence-corrected chi connectivity index (χ3v) is 3.90. The zero-order valence-electron chi connectivity index (χ0n) is 11.4. The number of rotatable bonds is 7. The summed E-state index contributed by atoms with van der Waals surface area (Å²) in [5.41, 5.74) is 0.343. The van der Waals surface area contributed by atoms with Crippen molar-refractivity contribution in [2.75, 3.05) is 25.6 Å². The molecule has 1 N–H and O–H groups in total. The lowest BCUT2D eigenvalue weighted by molar-refractivity contribution is 0.182. The van der Waals surface area contributed by atoms with Gasteiger partial charge in [0, 0.05) is 13.7 Å². The summed E-state index contributed by atoms with van der Waals surface area (Å²) in [5, 5.41) is 7.51. The number of methoxy groups -OCH3 is 1. The molecule has 0 bridgehead atoms. The zero-order valence-corrected chi connectivity index (χ0v) is 12.1. The van der Waals surface area contributed by atoms with Crippen LogP contribution in [0.5, 0.6) is 0 Å².